The number of phenols is 1. The number of nitrogens with zero attached hydrogens (tertiary/aromatic N) is 2. The number of azo groups is 1. The maximum Gasteiger partial charge on any atom is 0.294 e. The number of ether oxygens (including phenoxy) is 1. The van der Waals surface area contributed by atoms with Gasteiger partial charge in [0.2, 0.25) is 5.91 Å². The Morgan fingerprint density at radius 2 is 1.72 bits per heavy atom. The number of anilines is 1. The predicted octanol–water partition coefficient (Wildman–Crippen LogP) is 4.38. The Bertz CT molecular complexity index is 1730. The zero-order valence-electron chi connectivity index (χ0n) is 21.7. The summed E-state index contributed by atoms with van der Waals surface area (Å²) in [5.74, 6) is -1.75. The molecule has 0 aliphatic heterocycles. The molecule has 0 atom stereocenters. The van der Waals surface area contributed by atoms with E-state index in [4.69, 9.17) is 19.4 Å². The van der Waals surface area contributed by atoms with Crippen LogP contribution >= 0.6 is 24.4 Å². The van der Waals surface area contributed by atoms with Crippen molar-refractivity contribution in [1.82, 2.24) is 0 Å². The molecule has 5 N–H and O–H groups in total. The summed E-state index contributed by atoms with van der Waals surface area (Å²) in [7, 11) is -7.43. The molecule has 3 aromatic carbocycles. The Hall–Kier alpha value is -3.13. The zero-order valence-corrected chi connectivity index (χ0v) is 25.0. The highest BCUT2D eigenvalue weighted by molar-refractivity contribution is 7.94. The molecular weight excluding hydrogens is 663 g/mol. The van der Waals surface area contributed by atoms with Crippen molar-refractivity contribution in [2.24, 2.45) is 10.2 Å². The van der Waals surface area contributed by atoms with Crippen molar-refractivity contribution in [1.29, 1.82) is 0 Å². The maximum atomic E-state index is 12.8. The molecular formula is C21H21N3O15S4. The standard InChI is InChI=1S/C21H21N3O15S4/c1-11(25)22-16-10-14(43(31,32)33)7-12-8-18(40-38-36-27)20(21(26)19(12)16)24-23-15-9-13(3-4-17(15)34-2)42(29,30)6-5-35-41-39-37-28/h3-4,7-10,26-28H,5-6H2,1-2H3,(H,22,25)(H,31,32,33). The predicted molar refractivity (Wildman–Crippen MR) is 148 cm³/mol. The van der Waals surface area contributed by atoms with Gasteiger partial charge in [-0.15, -0.1) is 18.9 Å². The SMILES string of the molecule is COc1ccc(S(=O)(=O)CCOSOOO)cc1N=Nc1c(SOOO)cc2cc(S(=O)(=O)O)cc(NC(C)=O)c2c1O. The van der Waals surface area contributed by atoms with Gasteiger partial charge in [0, 0.05) is 12.3 Å². The summed E-state index contributed by atoms with van der Waals surface area (Å²) in [6, 6.07) is 6.77. The van der Waals surface area contributed by atoms with Gasteiger partial charge in [-0.25, -0.2) is 18.9 Å². The van der Waals surface area contributed by atoms with Crippen LogP contribution in [0.5, 0.6) is 11.5 Å². The molecule has 0 aromatic heterocycles. The van der Waals surface area contributed by atoms with Gasteiger partial charge in [-0.2, -0.15) is 8.42 Å². The molecule has 3 aromatic rings. The molecule has 0 unspecified atom stereocenters. The number of amides is 1. The number of aromatic hydroxyl groups is 1. The number of sulfone groups is 1. The number of phenolic OH excluding ortho intramolecular Hbond substituents is 1. The smallest absolute Gasteiger partial charge is 0.294 e. The Balaban J connectivity index is 2.15. The number of nitrogens with one attached hydrogen (secondary N) is 1. The van der Waals surface area contributed by atoms with Crippen LogP contribution in [0.2, 0.25) is 0 Å². The first-order valence-electron chi connectivity index (χ1n) is 11.1. The lowest BCUT2D eigenvalue weighted by Crippen LogP contribution is -2.11. The van der Waals surface area contributed by atoms with Gasteiger partial charge in [-0.3, -0.25) is 13.5 Å². The van der Waals surface area contributed by atoms with E-state index in [1.165, 1.54) is 25.3 Å². The van der Waals surface area contributed by atoms with Gasteiger partial charge < -0.3 is 15.2 Å². The van der Waals surface area contributed by atoms with Crippen LogP contribution in [0.25, 0.3) is 10.8 Å². The number of methoxy groups -OCH3 is 1. The van der Waals surface area contributed by atoms with Crippen LogP contribution in [0.15, 0.2) is 61.3 Å². The molecule has 0 saturated heterocycles. The second-order valence-electron chi connectivity index (χ2n) is 7.91. The van der Waals surface area contributed by atoms with E-state index < -0.39 is 42.3 Å². The van der Waals surface area contributed by atoms with Crippen molar-refractivity contribution in [3.05, 3.63) is 36.4 Å². The van der Waals surface area contributed by atoms with Gasteiger partial charge in [-0.1, -0.05) is 10.1 Å². The minimum atomic E-state index is -4.76. The van der Waals surface area contributed by atoms with Gasteiger partial charge in [0.15, 0.2) is 27.9 Å². The summed E-state index contributed by atoms with van der Waals surface area (Å²) in [5, 5.41) is 45.1. The van der Waals surface area contributed by atoms with Gasteiger partial charge in [0.25, 0.3) is 10.1 Å². The van der Waals surface area contributed by atoms with Crippen LogP contribution in [0.1, 0.15) is 6.92 Å². The largest absolute Gasteiger partial charge is 0.505 e. The van der Waals surface area contributed by atoms with E-state index in [1.807, 2.05) is 0 Å². The highest BCUT2D eigenvalue weighted by Gasteiger charge is 2.22. The van der Waals surface area contributed by atoms with E-state index in [-0.39, 0.29) is 62.3 Å². The van der Waals surface area contributed by atoms with E-state index in [1.54, 1.807) is 0 Å². The van der Waals surface area contributed by atoms with E-state index in [2.05, 4.69) is 34.3 Å². The Kier molecular flexibility index (Phi) is 12.0. The van der Waals surface area contributed by atoms with Crippen molar-refractivity contribution in [2.75, 3.05) is 24.8 Å². The van der Waals surface area contributed by atoms with E-state index in [0.29, 0.717) is 12.0 Å². The third-order valence-electron chi connectivity index (χ3n) is 5.20. The molecule has 0 fully saturated rings. The number of carbonyl (C=O) groups is 1. The third-order valence-corrected chi connectivity index (χ3v) is 8.70. The van der Waals surface area contributed by atoms with Crippen molar-refractivity contribution in [2.45, 2.75) is 21.6 Å². The molecule has 0 spiro atoms. The molecule has 0 aliphatic rings. The lowest BCUT2D eigenvalue weighted by molar-refractivity contribution is -0.434. The second-order valence-corrected chi connectivity index (χ2v) is 12.7. The number of carbonyl (C=O) groups excluding carboxylic acids is 1. The maximum absolute atomic E-state index is 12.8. The van der Waals surface area contributed by atoms with Crippen LogP contribution < -0.4 is 10.1 Å². The molecule has 43 heavy (non-hydrogen) atoms. The molecule has 1 amide bonds. The Labute approximate surface area is 251 Å². The lowest BCUT2D eigenvalue weighted by atomic mass is 10.1. The van der Waals surface area contributed by atoms with E-state index in [9.17, 15) is 31.3 Å². The minimum absolute atomic E-state index is 0.0265. The number of fused-ring (bicyclic) bond motifs is 1. The quantitative estimate of drug-likeness (QED) is 0.0372. The first-order chi connectivity index (χ1) is 20.3. The first kappa shape index (κ1) is 34.4. The fourth-order valence-corrected chi connectivity index (χ4v) is 5.95. The average Bonchev–Trinajstić information content (AvgIpc) is 2.94. The van der Waals surface area contributed by atoms with Gasteiger partial charge in [-0.05, 0) is 41.8 Å². The summed E-state index contributed by atoms with van der Waals surface area (Å²) in [6.07, 6.45) is 0. The number of benzene rings is 3. The molecule has 0 saturated carbocycles. The third kappa shape index (κ3) is 8.94. The van der Waals surface area contributed by atoms with Crippen molar-refractivity contribution < 1.29 is 69.5 Å². The van der Waals surface area contributed by atoms with Crippen LogP contribution in [0, 0.1) is 0 Å². The molecule has 18 nitrogen and oxygen atoms in total. The molecule has 3 rings (SSSR count). The van der Waals surface area contributed by atoms with Crippen LogP contribution in [-0.4, -0.2) is 62.4 Å². The summed E-state index contributed by atoms with van der Waals surface area (Å²) >= 11 is 0.516. The molecule has 0 aliphatic carbocycles. The Morgan fingerprint density at radius 1 is 1.00 bits per heavy atom. The zero-order chi connectivity index (χ0) is 31.8. The van der Waals surface area contributed by atoms with Gasteiger partial charge in [0.05, 0.1) is 51.9 Å². The molecule has 0 radical (unpaired) electrons. The fraction of sp³-hybridized carbons (Fsp3) is 0.190. The lowest BCUT2D eigenvalue weighted by Gasteiger charge is -2.14. The molecule has 0 bridgehead atoms. The van der Waals surface area contributed by atoms with E-state index >= 15 is 0 Å². The van der Waals surface area contributed by atoms with Crippen molar-refractivity contribution in [3.63, 3.8) is 0 Å². The fourth-order valence-electron chi connectivity index (χ4n) is 3.48. The summed E-state index contributed by atoms with van der Waals surface area (Å²) in [6.45, 7) is 0.767. The Morgan fingerprint density at radius 3 is 2.35 bits per heavy atom. The monoisotopic (exact) mass is 683 g/mol. The summed E-state index contributed by atoms with van der Waals surface area (Å²) in [5.41, 5.74) is -0.688. The molecule has 22 heteroatoms. The van der Waals surface area contributed by atoms with E-state index in [0.717, 1.165) is 25.1 Å². The van der Waals surface area contributed by atoms with Crippen LogP contribution in [0.4, 0.5) is 17.1 Å². The van der Waals surface area contributed by atoms with Crippen molar-refractivity contribution in [3.8, 4) is 11.5 Å². The number of hydrogen-bond acceptors (Lipinski definition) is 18. The number of hydrogen-bond donors (Lipinski definition) is 5. The van der Waals surface area contributed by atoms with Gasteiger partial charge in [0.1, 0.15) is 17.1 Å². The average molecular weight is 684 g/mol. The molecule has 234 valence electrons. The van der Waals surface area contributed by atoms with Gasteiger partial charge >= 0.3 is 0 Å². The topological polar surface area (TPSA) is 258 Å². The van der Waals surface area contributed by atoms with Crippen LogP contribution in [0.3, 0.4) is 0 Å². The highest BCUT2D eigenvalue weighted by Crippen LogP contribution is 2.47. The van der Waals surface area contributed by atoms with Crippen LogP contribution in [-0.2, 0) is 47.7 Å². The molecule has 0 heterocycles. The number of rotatable bonds is 15. The second kappa shape index (κ2) is 15.0. The minimum Gasteiger partial charge on any atom is -0.505 e. The summed E-state index contributed by atoms with van der Waals surface area (Å²) < 4.78 is 77.2. The summed E-state index contributed by atoms with van der Waals surface area (Å²) in [4.78, 5) is 10.9. The first-order valence-corrected chi connectivity index (χ1v) is 15.6. The normalized spacial score (nSPS) is 12.2. The van der Waals surface area contributed by atoms with Crippen molar-refractivity contribution >= 4 is 78.1 Å². The highest BCUT2D eigenvalue weighted by atomic mass is 32.2.